The fourth-order valence-corrected chi connectivity index (χ4v) is 4.70. The van der Waals surface area contributed by atoms with Crippen LogP contribution >= 0.6 is 11.6 Å². The SMILES string of the molecule is [2H]N(C(=O)c1ccc(Cn2c(CCCC)nc(Cl)c2CO)cc1)[C@H](C(=O)NC(C(=O)OC)c1ccccc1)[C@@H](C)CC. The van der Waals surface area contributed by atoms with Gasteiger partial charge in [-0.25, -0.2) is 9.78 Å². The lowest BCUT2D eigenvalue weighted by Crippen LogP contribution is -2.52. The first-order valence-electron chi connectivity index (χ1n) is 14.3. The number of rotatable bonds is 14. The van der Waals surface area contributed by atoms with E-state index in [9.17, 15) is 19.5 Å². The number of amides is 2. The first kappa shape index (κ1) is 30.3. The molecule has 1 heterocycles. The molecule has 0 bridgehead atoms. The predicted octanol–water partition coefficient (Wildman–Crippen LogP) is 4.59. The minimum atomic E-state index is -1.15. The Morgan fingerprint density at radius 1 is 1.12 bits per heavy atom. The van der Waals surface area contributed by atoms with Gasteiger partial charge in [0.15, 0.2) is 12.6 Å². The number of benzene rings is 2. The molecule has 3 rings (SSSR count). The van der Waals surface area contributed by atoms with Gasteiger partial charge >= 0.3 is 5.97 Å². The van der Waals surface area contributed by atoms with Crippen molar-refractivity contribution in [1.82, 2.24) is 20.2 Å². The summed E-state index contributed by atoms with van der Waals surface area (Å²) in [5.41, 5.74) is 2.15. The molecule has 220 valence electrons. The standard InChI is InChI=1S/C31H39ClN4O5/c1-5-7-13-25-33-28(32)24(19-37)36(25)18-21-14-16-23(17-15-21)29(38)34-26(20(3)6-2)30(39)35-27(31(40)41-4)22-11-9-8-10-12-22/h8-12,14-17,20,26-27,37H,5-7,13,18-19H2,1-4H3,(H,34,38)(H,35,39)/t20-,26-,27?/m0/s1/i/hD. The summed E-state index contributed by atoms with van der Waals surface area (Å²) in [5, 5.41) is 13.5. The lowest BCUT2D eigenvalue weighted by atomic mass is 9.96. The van der Waals surface area contributed by atoms with Gasteiger partial charge < -0.3 is 25.0 Å². The van der Waals surface area contributed by atoms with Crippen LogP contribution in [0.4, 0.5) is 0 Å². The molecule has 0 saturated carbocycles. The van der Waals surface area contributed by atoms with Crippen molar-refractivity contribution in [2.24, 2.45) is 5.92 Å². The molecule has 2 amide bonds. The number of hydrogen-bond acceptors (Lipinski definition) is 6. The number of ether oxygens (including phenoxy) is 1. The number of methoxy groups -OCH3 is 1. The molecule has 3 atom stereocenters. The summed E-state index contributed by atoms with van der Waals surface area (Å²) in [4.78, 5) is 43.8. The Morgan fingerprint density at radius 3 is 2.39 bits per heavy atom. The van der Waals surface area contributed by atoms with Gasteiger partial charge in [-0.3, -0.25) is 9.59 Å². The predicted molar refractivity (Wildman–Crippen MR) is 157 cm³/mol. The fraction of sp³-hybridized carbons (Fsp3) is 0.419. The third-order valence-electron chi connectivity index (χ3n) is 7.11. The zero-order valence-electron chi connectivity index (χ0n) is 25.0. The van der Waals surface area contributed by atoms with Gasteiger partial charge in [-0.05, 0) is 35.6 Å². The van der Waals surface area contributed by atoms with Crippen LogP contribution in [0.25, 0.3) is 0 Å². The minimum absolute atomic E-state index is 0.236. The molecule has 3 N–H and O–H groups in total. The number of carbonyl (C=O) groups is 3. The van der Waals surface area contributed by atoms with Gasteiger partial charge in [-0.2, -0.15) is 0 Å². The highest BCUT2D eigenvalue weighted by Gasteiger charge is 2.31. The number of carbonyl (C=O) groups excluding carboxylic acids is 3. The molecule has 1 unspecified atom stereocenters. The second-order valence-corrected chi connectivity index (χ2v) is 10.3. The molecule has 1 aromatic heterocycles. The normalized spacial score (nSPS) is 13.6. The maximum absolute atomic E-state index is 13.5. The fourth-order valence-electron chi connectivity index (χ4n) is 4.44. The van der Waals surface area contributed by atoms with Crippen molar-refractivity contribution < 1.29 is 25.6 Å². The summed E-state index contributed by atoms with van der Waals surface area (Å²) < 4.78 is 15.5. The van der Waals surface area contributed by atoms with E-state index in [2.05, 4.69) is 17.2 Å². The molecule has 10 heteroatoms. The largest absolute Gasteiger partial charge is 0.467 e. The number of aliphatic hydroxyl groups is 1. The summed E-state index contributed by atoms with van der Waals surface area (Å²) >= 11 is 6.26. The highest BCUT2D eigenvalue weighted by Crippen LogP contribution is 2.21. The zero-order chi connectivity index (χ0) is 30.8. The van der Waals surface area contributed by atoms with E-state index < -0.39 is 29.9 Å². The van der Waals surface area contributed by atoms with Crippen LogP contribution in [0, 0.1) is 5.92 Å². The molecule has 9 nitrogen and oxygen atoms in total. The van der Waals surface area contributed by atoms with Crippen molar-refractivity contribution in [2.75, 3.05) is 7.11 Å². The van der Waals surface area contributed by atoms with Crippen LogP contribution < -0.4 is 10.6 Å². The van der Waals surface area contributed by atoms with Crippen molar-refractivity contribution in [3.05, 3.63) is 88.0 Å². The highest BCUT2D eigenvalue weighted by atomic mass is 35.5. The topological polar surface area (TPSA) is 123 Å². The third kappa shape index (κ3) is 8.17. The summed E-state index contributed by atoms with van der Waals surface area (Å²) in [5.74, 6) is -1.52. The van der Waals surface area contributed by atoms with Gasteiger partial charge in [0.25, 0.3) is 5.91 Å². The molecule has 3 aromatic rings. The number of nitrogens with one attached hydrogen (secondary N) is 2. The van der Waals surface area contributed by atoms with E-state index in [1.807, 2.05) is 11.5 Å². The van der Waals surface area contributed by atoms with E-state index in [4.69, 9.17) is 17.7 Å². The Bertz CT molecular complexity index is 1350. The number of esters is 1. The van der Waals surface area contributed by atoms with Crippen LogP contribution in [-0.2, 0) is 33.9 Å². The Hall–Kier alpha value is -3.69. The number of unbranched alkanes of at least 4 members (excludes halogenated alkanes) is 1. The van der Waals surface area contributed by atoms with E-state index in [0.29, 0.717) is 29.5 Å². The molecule has 0 spiro atoms. The van der Waals surface area contributed by atoms with Crippen LogP contribution in [0.3, 0.4) is 0 Å². The average Bonchev–Trinajstić information content (AvgIpc) is 3.31. The second kappa shape index (κ2) is 15.3. The monoisotopic (exact) mass is 583 g/mol. The number of aryl methyl sites for hydroxylation is 1. The minimum Gasteiger partial charge on any atom is -0.467 e. The average molecular weight is 584 g/mol. The van der Waals surface area contributed by atoms with Gasteiger partial charge in [0.05, 0.1) is 19.4 Å². The molecule has 0 radical (unpaired) electrons. The number of hydrogen-bond donors (Lipinski definition) is 3. The molecule has 0 fully saturated rings. The molecule has 0 aliphatic heterocycles. The Kier molecular flexibility index (Phi) is 11.3. The maximum Gasteiger partial charge on any atom is 0.333 e. The van der Waals surface area contributed by atoms with E-state index in [1.54, 1.807) is 61.5 Å². The van der Waals surface area contributed by atoms with Gasteiger partial charge in [0.2, 0.25) is 5.91 Å². The van der Waals surface area contributed by atoms with E-state index in [1.165, 1.54) is 7.11 Å². The molecule has 2 aromatic carbocycles. The van der Waals surface area contributed by atoms with E-state index in [-0.39, 0.29) is 23.2 Å². The molecular weight excluding hydrogens is 544 g/mol. The maximum atomic E-state index is 13.5. The molecular formula is C31H39ClN4O5. The van der Waals surface area contributed by atoms with Crippen LogP contribution in [0.1, 0.15) is 79.1 Å². The summed E-state index contributed by atoms with van der Waals surface area (Å²) in [6.45, 7) is 5.89. The van der Waals surface area contributed by atoms with Gasteiger partial charge in [-0.1, -0.05) is 87.7 Å². The highest BCUT2D eigenvalue weighted by molar-refractivity contribution is 6.30. The van der Waals surface area contributed by atoms with Crippen molar-refractivity contribution in [2.45, 2.75) is 71.7 Å². The van der Waals surface area contributed by atoms with Crippen LogP contribution in [0.15, 0.2) is 54.6 Å². The van der Waals surface area contributed by atoms with Crippen molar-refractivity contribution in [1.29, 1.82) is 0 Å². The second-order valence-electron chi connectivity index (χ2n) is 9.95. The van der Waals surface area contributed by atoms with Gasteiger partial charge in [0, 0.05) is 18.5 Å². The van der Waals surface area contributed by atoms with Crippen molar-refractivity contribution >= 4 is 29.4 Å². The summed E-state index contributed by atoms with van der Waals surface area (Å²) in [6.07, 6.45) is 3.17. The number of imidazole rings is 1. The lowest BCUT2D eigenvalue weighted by Gasteiger charge is -2.26. The number of aromatic nitrogens is 2. The van der Waals surface area contributed by atoms with Crippen LogP contribution in [0.5, 0.6) is 0 Å². The molecule has 0 aliphatic rings. The first-order chi connectivity index (χ1) is 20.2. The molecule has 0 aliphatic carbocycles. The molecule has 41 heavy (non-hydrogen) atoms. The number of halogens is 1. The first-order valence-corrected chi connectivity index (χ1v) is 14.2. The van der Waals surface area contributed by atoms with E-state index >= 15 is 0 Å². The number of aliphatic hydroxyl groups excluding tert-OH is 1. The number of nitrogens with zero attached hydrogens (tertiary/aromatic N) is 2. The Labute approximate surface area is 247 Å². The van der Waals surface area contributed by atoms with Gasteiger partial charge in [0.1, 0.15) is 11.9 Å². The zero-order valence-corrected chi connectivity index (χ0v) is 24.7. The quantitative estimate of drug-likeness (QED) is 0.239. The van der Waals surface area contributed by atoms with Crippen LogP contribution in [0.2, 0.25) is 6.56 Å². The van der Waals surface area contributed by atoms with Crippen molar-refractivity contribution in [3.8, 4) is 0 Å². The molecule has 0 saturated heterocycles. The third-order valence-corrected chi connectivity index (χ3v) is 7.41. The van der Waals surface area contributed by atoms with Crippen LogP contribution in [-0.4, -0.2) is 45.6 Å². The summed E-state index contributed by atoms with van der Waals surface area (Å²) in [7, 11) is 1.23. The Balaban J connectivity index is 1.81. The van der Waals surface area contributed by atoms with Gasteiger partial charge in [-0.15, -0.1) is 0 Å². The lowest BCUT2D eigenvalue weighted by molar-refractivity contribution is -0.145. The van der Waals surface area contributed by atoms with E-state index in [0.717, 1.165) is 30.7 Å². The summed E-state index contributed by atoms with van der Waals surface area (Å²) in [6, 6.07) is 13.2. The van der Waals surface area contributed by atoms with Crippen molar-refractivity contribution in [3.63, 3.8) is 0 Å². The smallest absolute Gasteiger partial charge is 0.333 e. The Morgan fingerprint density at radius 2 is 1.80 bits per heavy atom.